The molecule has 8 nitrogen and oxygen atoms in total. The zero-order chi connectivity index (χ0) is 24.5. The summed E-state index contributed by atoms with van der Waals surface area (Å²) in [5.74, 6) is 0.0968. The van der Waals surface area contributed by atoms with Crippen LogP contribution in [0.5, 0.6) is 5.75 Å². The van der Waals surface area contributed by atoms with Gasteiger partial charge in [-0.15, -0.1) is 0 Å². The lowest BCUT2D eigenvalue weighted by Crippen LogP contribution is -2.41. The summed E-state index contributed by atoms with van der Waals surface area (Å²) < 4.78 is 28.0. The summed E-state index contributed by atoms with van der Waals surface area (Å²) >= 11 is 0. The Bertz CT molecular complexity index is 1290. The number of phenols is 1. The van der Waals surface area contributed by atoms with Crippen LogP contribution in [0.2, 0.25) is 0 Å². The zero-order valence-corrected chi connectivity index (χ0v) is 20.3. The normalized spacial score (nSPS) is 15.3. The van der Waals surface area contributed by atoms with Crippen LogP contribution in [-0.2, 0) is 14.8 Å². The molecule has 178 valence electrons. The molecule has 2 N–H and O–H groups in total. The van der Waals surface area contributed by atoms with E-state index in [4.69, 9.17) is 0 Å². The van der Waals surface area contributed by atoms with Gasteiger partial charge in [0.25, 0.3) is 0 Å². The van der Waals surface area contributed by atoms with Crippen molar-refractivity contribution in [2.45, 2.75) is 38.5 Å². The van der Waals surface area contributed by atoms with Gasteiger partial charge in [-0.3, -0.25) is 4.79 Å². The lowest BCUT2D eigenvalue weighted by Gasteiger charge is -2.31. The van der Waals surface area contributed by atoms with E-state index in [2.05, 4.69) is 15.3 Å². The largest absolute Gasteiger partial charge is 0.508 e. The van der Waals surface area contributed by atoms with Gasteiger partial charge in [0, 0.05) is 24.6 Å². The highest BCUT2D eigenvalue weighted by atomic mass is 32.2. The third kappa shape index (κ3) is 4.95. The first-order chi connectivity index (χ1) is 16.1. The van der Waals surface area contributed by atoms with Crippen molar-refractivity contribution in [2.75, 3.05) is 18.4 Å². The van der Waals surface area contributed by atoms with Crippen LogP contribution in [0.4, 0.5) is 5.69 Å². The smallest absolute Gasteiger partial charge is 0.243 e. The number of aromatic hydroxyl groups is 1. The summed E-state index contributed by atoms with van der Waals surface area (Å²) in [4.78, 5) is 21.7. The molecule has 4 rings (SSSR count). The van der Waals surface area contributed by atoms with Crippen LogP contribution in [-0.4, -0.2) is 46.8 Å². The average Bonchev–Trinajstić information content (AvgIpc) is 2.79. The molecule has 3 aromatic rings. The maximum atomic E-state index is 13.3. The number of nitrogens with one attached hydrogen (secondary N) is 1. The molecule has 0 aliphatic carbocycles. The molecule has 0 radical (unpaired) electrons. The minimum atomic E-state index is -3.62. The lowest BCUT2D eigenvalue weighted by atomic mass is 9.97. The topological polar surface area (TPSA) is 112 Å². The van der Waals surface area contributed by atoms with Gasteiger partial charge in [-0.2, -0.15) is 4.31 Å². The van der Waals surface area contributed by atoms with Crippen molar-refractivity contribution in [2.24, 2.45) is 5.92 Å². The van der Waals surface area contributed by atoms with Crippen molar-refractivity contribution < 1.29 is 18.3 Å². The van der Waals surface area contributed by atoms with Crippen molar-refractivity contribution >= 4 is 21.6 Å². The van der Waals surface area contributed by atoms with E-state index in [-0.39, 0.29) is 17.6 Å². The van der Waals surface area contributed by atoms with Crippen LogP contribution in [0.25, 0.3) is 11.4 Å². The number of carbonyl (C=O) groups is 1. The molecule has 1 amide bonds. The molecule has 1 aromatic heterocycles. The first-order valence-corrected chi connectivity index (χ1v) is 12.6. The highest BCUT2D eigenvalue weighted by Gasteiger charge is 2.33. The van der Waals surface area contributed by atoms with Crippen molar-refractivity contribution in [3.63, 3.8) is 0 Å². The number of aromatic nitrogens is 2. The van der Waals surface area contributed by atoms with Gasteiger partial charge >= 0.3 is 0 Å². The number of hydrogen-bond acceptors (Lipinski definition) is 6. The fraction of sp³-hybridized carbons (Fsp3) is 0.320. The van der Waals surface area contributed by atoms with E-state index < -0.39 is 10.0 Å². The first kappa shape index (κ1) is 23.8. The van der Waals surface area contributed by atoms with Crippen molar-refractivity contribution in [1.29, 1.82) is 0 Å². The van der Waals surface area contributed by atoms with Gasteiger partial charge in [-0.1, -0.05) is 29.8 Å². The second kappa shape index (κ2) is 9.52. The molecule has 1 aliphatic heterocycles. The predicted molar refractivity (Wildman–Crippen MR) is 130 cm³/mol. The molecule has 0 saturated carbocycles. The van der Waals surface area contributed by atoms with Crippen LogP contribution in [0.3, 0.4) is 0 Å². The van der Waals surface area contributed by atoms with Crippen LogP contribution in [0, 0.1) is 26.7 Å². The van der Waals surface area contributed by atoms with E-state index in [0.717, 1.165) is 16.7 Å². The molecule has 1 saturated heterocycles. The number of rotatable bonds is 5. The molecular weight excluding hydrogens is 452 g/mol. The third-order valence-electron chi connectivity index (χ3n) is 6.05. The second-order valence-electron chi connectivity index (χ2n) is 8.74. The number of nitrogens with zero attached hydrogens (tertiary/aromatic N) is 3. The van der Waals surface area contributed by atoms with Gasteiger partial charge in [-0.25, -0.2) is 18.4 Å². The fourth-order valence-corrected chi connectivity index (χ4v) is 6.37. The molecular formula is C25H28N4O4S. The van der Waals surface area contributed by atoms with E-state index in [1.807, 2.05) is 32.9 Å². The summed E-state index contributed by atoms with van der Waals surface area (Å²) in [6.45, 7) is 6.17. The molecule has 1 aliphatic rings. The Balaban J connectivity index is 1.38. The predicted octanol–water partition coefficient (Wildman–Crippen LogP) is 3.81. The zero-order valence-electron chi connectivity index (χ0n) is 19.4. The van der Waals surface area contributed by atoms with Gasteiger partial charge < -0.3 is 10.4 Å². The Morgan fingerprint density at radius 2 is 1.65 bits per heavy atom. The van der Waals surface area contributed by atoms with Crippen LogP contribution in [0.15, 0.2) is 53.7 Å². The number of anilines is 1. The maximum Gasteiger partial charge on any atom is 0.243 e. The molecule has 0 spiro atoms. The summed E-state index contributed by atoms with van der Waals surface area (Å²) in [7, 11) is -3.62. The fourth-order valence-electron chi connectivity index (χ4n) is 4.49. The second-order valence-corrected chi connectivity index (χ2v) is 10.6. The van der Waals surface area contributed by atoms with Crippen molar-refractivity contribution in [1.82, 2.24) is 14.3 Å². The maximum absolute atomic E-state index is 13.3. The van der Waals surface area contributed by atoms with Crippen molar-refractivity contribution in [3.8, 4) is 17.1 Å². The van der Waals surface area contributed by atoms with Gasteiger partial charge in [0.05, 0.1) is 23.0 Å². The van der Waals surface area contributed by atoms with E-state index in [1.54, 1.807) is 24.3 Å². The van der Waals surface area contributed by atoms with Crippen LogP contribution in [0.1, 0.15) is 29.5 Å². The van der Waals surface area contributed by atoms with Gasteiger partial charge in [0.1, 0.15) is 5.75 Å². The molecule has 0 atom stereocenters. The molecule has 0 bridgehead atoms. The summed E-state index contributed by atoms with van der Waals surface area (Å²) in [6.07, 6.45) is 3.92. The number of phenolic OH excluding ortho intramolecular Hbond substituents is 1. The summed E-state index contributed by atoms with van der Waals surface area (Å²) in [5.41, 5.74) is 3.65. The quantitative estimate of drug-likeness (QED) is 0.574. The Morgan fingerprint density at radius 3 is 2.24 bits per heavy atom. The number of piperidine rings is 1. The van der Waals surface area contributed by atoms with E-state index in [0.29, 0.717) is 47.9 Å². The summed E-state index contributed by atoms with van der Waals surface area (Å²) in [5, 5.41) is 12.4. The highest BCUT2D eigenvalue weighted by Crippen LogP contribution is 2.29. The van der Waals surface area contributed by atoms with E-state index >= 15 is 0 Å². The molecule has 9 heteroatoms. The first-order valence-electron chi connectivity index (χ1n) is 11.2. The number of carbonyl (C=O) groups excluding carboxylic acids is 1. The minimum absolute atomic E-state index is 0.125. The number of amides is 1. The molecule has 1 fully saturated rings. The minimum Gasteiger partial charge on any atom is -0.508 e. The molecule has 2 aromatic carbocycles. The standard InChI is InChI=1S/C25H28N4O4S/c1-16-11-17(2)23(18(3)12-16)34(32,33)29-9-7-19(8-10-29)25(31)28-21-14-26-24(27-15-21)20-5-4-6-22(30)13-20/h4-6,11-15,19,30H,7-10H2,1-3H3,(H,28,31). The van der Waals surface area contributed by atoms with Crippen LogP contribution < -0.4 is 5.32 Å². The van der Waals surface area contributed by atoms with Gasteiger partial charge in [0.15, 0.2) is 5.82 Å². The Morgan fingerprint density at radius 1 is 1.03 bits per heavy atom. The monoisotopic (exact) mass is 480 g/mol. The number of aryl methyl sites for hydroxylation is 3. The van der Waals surface area contributed by atoms with E-state index in [1.165, 1.54) is 16.7 Å². The molecule has 34 heavy (non-hydrogen) atoms. The number of benzene rings is 2. The van der Waals surface area contributed by atoms with Crippen molar-refractivity contribution in [3.05, 3.63) is 65.5 Å². The van der Waals surface area contributed by atoms with Crippen LogP contribution >= 0.6 is 0 Å². The lowest BCUT2D eigenvalue weighted by molar-refractivity contribution is -0.120. The Hall–Kier alpha value is -3.30. The summed E-state index contributed by atoms with van der Waals surface area (Å²) in [6, 6.07) is 10.4. The number of hydrogen-bond donors (Lipinski definition) is 2. The SMILES string of the molecule is Cc1cc(C)c(S(=O)(=O)N2CCC(C(=O)Nc3cnc(-c4cccc(O)c4)nc3)CC2)c(C)c1. The van der Waals surface area contributed by atoms with Gasteiger partial charge in [0.2, 0.25) is 15.9 Å². The molecule has 2 heterocycles. The third-order valence-corrected chi connectivity index (χ3v) is 8.26. The van der Waals surface area contributed by atoms with Gasteiger partial charge in [-0.05, 0) is 56.9 Å². The highest BCUT2D eigenvalue weighted by molar-refractivity contribution is 7.89. The molecule has 0 unspecified atom stereocenters. The number of sulfonamides is 1. The Kier molecular flexibility index (Phi) is 6.67. The van der Waals surface area contributed by atoms with E-state index in [9.17, 15) is 18.3 Å². The Labute approximate surface area is 199 Å². The average molecular weight is 481 g/mol.